The van der Waals surface area contributed by atoms with E-state index >= 15 is 0 Å². The van der Waals surface area contributed by atoms with E-state index < -0.39 is 0 Å². The molecule has 0 N–H and O–H groups in total. The Hall–Kier alpha value is -4.11. The normalized spacial score (nSPS) is 10.9. The smallest absolute Gasteiger partial charge is 0.122 e. The highest BCUT2D eigenvalue weighted by molar-refractivity contribution is 5.76. The van der Waals surface area contributed by atoms with Crippen molar-refractivity contribution in [1.29, 1.82) is 0 Å². The molecule has 0 atom stereocenters. The molecule has 3 nitrogen and oxygen atoms in total. The van der Waals surface area contributed by atoms with Crippen molar-refractivity contribution in [2.45, 2.75) is 19.4 Å². The molecule has 0 bridgehead atoms. The van der Waals surface area contributed by atoms with E-state index in [0.717, 1.165) is 47.6 Å². The second-order valence-corrected chi connectivity index (χ2v) is 8.36. The summed E-state index contributed by atoms with van der Waals surface area (Å²) in [6, 6.07) is 35.8. The lowest BCUT2D eigenvalue weighted by Crippen LogP contribution is -2.12. The van der Waals surface area contributed by atoms with Crippen LogP contribution in [0.15, 0.2) is 116 Å². The van der Waals surface area contributed by atoms with Gasteiger partial charge in [0.2, 0.25) is 0 Å². The Morgan fingerprint density at radius 2 is 1.47 bits per heavy atom. The Morgan fingerprint density at radius 3 is 2.29 bits per heavy atom. The summed E-state index contributed by atoms with van der Waals surface area (Å²) in [7, 11) is 0. The number of para-hydroxylation sites is 3. The van der Waals surface area contributed by atoms with Crippen LogP contribution in [0.2, 0.25) is 0 Å². The lowest BCUT2D eigenvalue weighted by Gasteiger charge is -2.13. The van der Waals surface area contributed by atoms with E-state index in [0.29, 0.717) is 6.61 Å². The minimum atomic E-state index is 0.578. The molecule has 1 heterocycles. The van der Waals surface area contributed by atoms with Crippen molar-refractivity contribution in [2.24, 2.45) is 0 Å². The summed E-state index contributed by atoms with van der Waals surface area (Å²) in [5, 5.41) is 0. The zero-order chi connectivity index (χ0) is 23.2. The third-order valence-corrected chi connectivity index (χ3v) is 6.07. The lowest BCUT2D eigenvalue weighted by molar-refractivity contribution is 0.296. The van der Waals surface area contributed by atoms with Gasteiger partial charge in [0, 0.05) is 6.42 Å². The van der Waals surface area contributed by atoms with Gasteiger partial charge in [-0.25, -0.2) is 4.98 Å². The number of nitrogens with zero attached hydrogens (tertiary/aromatic N) is 2. The van der Waals surface area contributed by atoms with Crippen LogP contribution in [0.4, 0.5) is 0 Å². The van der Waals surface area contributed by atoms with Crippen LogP contribution in [-0.2, 0) is 19.4 Å². The molecular weight excluding hydrogens is 416 g/mol. The Morgan fingerprint density at radius 1 is 0.765 bits per heavy atom. The van der Waals surface area contributed by atoms with Crippen molar-refractivity contribution in [3.8, 4) is 16.9 Å². The van der Waals surface area contributed by atoms with Crippen LogP contribution in [0.5, 0.6) is 5.75 Å². The molecule has 5 aromatic rings. The summed E-state index contributed by atoms with van der Waals surface area (Å²) in [5.41, 5.74) is 7.02. The minimum absolute atomic E-state index is 0.578. The van der Waals surface area contributed by atoms with Gasteiger partial charge in [-0.1, -0.05) is 91.0 Å². The summed E-state index contributed by atoms with van der Waals surface area (Å²) in [5.74, 6) is 1.97. The Balaban J connectivity index is 1.36. The average Bonchev–Trinajstić information content (AvgIpc) is 3.23. The van der Waals surface area contributed by atoms with Gasteiger partial charge in [0.1, 0.15) is 18.2 Å². The summed E-state index contributed by atoms with van der Waals surface area (Å²) in [4.78, 5) is 4.96. The van der Waals surface area contributed by atoms with Crippen molar-refractivity contribution in [1.82, 2.24) is 9.55 Å². The summed E-state index contributed by atoms with van der Waals surface area (Å²) < 4.78 is 8.47. The first-order valence-corrected chi connectivity index (χ1v) is 11.7. The topological polar surface area (TPSA) is 27.1 Å². The van der Waals surface area contributed by atoms with Gasteiger partial charge in [-0.2, -0.15) is 0 Å². The molecule has 0 spiro atoms. The molecule has 0 fully saturated rings. The predicted molar refractivity (Wildman–Crippen MR) is 140 cm³/mol. The van der Waals surface area contributed by atoms with Crippen molar-refractivity contribution in [3.63, 3.8) is 0 Å². The van der Waals surface area contributed by atoms with Crippen molar-refractivity contribution >= 4 is 11.0 Å². The molecule has 4 aromatic carbocycles. The van der Waals surface area contributed by atoms with E-state index in [1.165, 1.54) is 16.7 Å². The molecule has 0 aliphatic rings. The SMILES string of the molecule is C=CCc1ccccc1OCCn1c(Cc2ccc(-c3ccccc3)cc2)nc2ccccc21. The Labute approximate surface area is 201 Å². The molecule has 1 aromatic heterocycles. The van der Waals surface area contributed by atoms with Gasteiger partial charge in [-0.15, -0.1) is 6.58 Å². The number of ether oxygens (including phenoxy) is 1. The second kappa shape index (κ2) is 10.2. The number of hydrogen-bond donors (Lipinski definition) is 0. The molecule has 168 valence electrons. The number of imidazole rings is 1. The number of hydrogen-bond acceptors (Lipinski definition) is 2. The number of aromatic nitrogens is 2. The minimum Gasteiger partial charge on any atom is -0.491 e. The number of rotatable bonds is 9. The molecule has 0 aliphatic carbocycles. The molecule has 0 saturated carbocycles. The molecule has 0 unspecified atom stereocenters. The lowest BCUT2D eigenvalue weighted by atomic mass is 10.0. The number of fused-ring (bicyclic) bond motifs is 1. The van der Waals surface area contributed by atoms with Crippen LogP contribution >= 0.6 is 0 Å². The van der Waals surface area contributed by atoms with E-state index in [2.05, 4.69) is 83.9 Å². The van der Waals surface area contributed by atoms with Crippen LogP contribution in [0.1, 0.15) is 17.0 Å². The third-order valence-electron chi connectivity index (χ3n) is 6.07. The van der Waals surface area contributed by atoms with Gasteiger partial charge in [-0.3, -0.25) is 0 Å². The molecule has 0 aliphatic heterocycles. The Kier molecular flexibility index (Phi) is 6.53. The van der Waals surface area contributed by atoms with Gasteiger partial charge in [0.15, 0.2) is 0 Å². The summed E-state index contributed by atoms with van der Waals surface area (Å²) in [6.45, 7) is 5.17. The van der Waals surface area contributed by atoms with Gasteiger partial charge in [-0.05, 0) is 46.9 Å². The fourth-order valence-corrected chi connectivity index (χ4v) is 4.35. The van der Waals surface area contributed by atoms with Crippen LogP contribution in [0.3, 0.4) is 0 Å². The summed E-state index contributed by atoms with van der Waals surface area (Å²) in [6.07, 6.45) is 3.48. The van der Waals surface area contributed by atoms with Crippen molar-refractivity contribution in [3.05, 3.63) is 133 Å². The zero-order valence-electron chi connectivity index (χ0n) is 19.2. The molecule has 5 rings (SSSR count). The predicted octanol–water partition coefficient (Wildman–Crippen LogP) is 7.10. The molecule has 0 amide bonds. The van der Waals surface area contributed by atoms with Crippen LogP contribution in [0, 0.1) is 0 Å². The number of benzene rings is 4. The standard InChI is InChI=1S/C31H28N2O/c1-2-10-27-13-6-9-16-30(27)34-22-21-33-29-15-8-7-14-28(29)32-31(33)23-24-17-19-26(20-18-24)25-11-4-3-5-12-25/h2-9,11-20H,1,10,21-23H2. The van der Waals surface area contributed by atoms with Crippen molar-refractivity contribution in [2.75, 3.05) is 6.61 Å². The largest absolute Gasteiger partial charge is 0.491 e. The first kappa shape index (κ1) is 21.7. The molecule has 34 heavy (non-hydrogen) atoms. The highest BCUT2D eigenvalue weighted by Gasteiger charge is 2.12. The van der Waals surface area contributed by atoms with Gasteiger partial charge in [0.25, 0.3) is 0 Å². The maximum absolute atomic E-state index is 6.19. The monoisotopic (exact) mass is 444 g/mol. The Bertz CT molecular complexity index is 1380. The molecular formula is C31H28N2O. The summed E-state index contributed by atoms with van der Waals surface area (Å²) >= 11 is 0. The molecule has 3 heteroatoms. The highest BCUT2D eigenvalue weighted by atomic mass is 16.5. The van der Waals surface area contributed by atoms with Gasteiger partial charge >= 0.3 is 0 Å². The van der Waals surface area contributed by atoms with Crippen LogP contribution in [0.25, 0.3) is 22.2 Å². The van der Waals surface area contributed by atoms with Gasteiger partial charge in [0.05, 0.1) is 17.6 Å². The first-order valence-electron chi connectivity index (χ1n) is 11.7. The fourth-order valence-electron chi connectivity index (χ4n) is 4.35. The number of allylic oxidation sites excluding steroid dienone is 1. The van der Waals surface area contributed by atoms with E-state index in [1.807, 2.05) is 36.4 Å². The van der Waals surface area contributed by atoms with E-state index in [9.17, 15) is 0 Å². The van der Waals surface area contributed by atoms with E-state index in [4.69, 9.17) is 9.72 Å². The van der Waals surface area contributed by atoms with Crippen LogP contribution in [-0.4, -0.2) is 16.2 Å². The second-order valence-electron chi connectivity index (χ2n) is 8.36. The molecule has 0 saturated heterocycles. The van der Waals surface area contributed by atoms with Crippen molar-refractivity contribution < 1.29 is 4.74 Å². The fraction of sp³-hybridized carbons (Fsp3) is 0.129. The quantitative estimate of drug-likeness (QED) is 0.227. The van der Waals surface area contributed by atoms with E-state index in [-0.39, 0.29) is 0 Å². The maximum atomic E-state index is 6.19. The van der Waals surface area contributed by atoms with Crippen LogP contribution < -0.4 is 4.74 Å². The van der Waals surface area contributed by atoms with E-state index in [1.54, 1.807) is 0 Å². The molecule has 0 radical (unpaired) electrons. The zero-order valence-corrected chi connectivity index (χ0v) is 19.2. The average molecular weight is 445 g/mol. The third kappa shape index (κ3) is 4.79. The maximum Gasteiger partial charge on any atom is 0.122 e. The van der Waals surface area contributed by atoms with Gasteiger partial charge < -0.3 is 9.30 Å². The first-order chi connectivity index (χ1) is 16.8. The highest BCUT2D eigenvalue weighted by Crippen LogP contribution is 2.23.